The maximum Gasteiger partial charge on any atom is 0.0491 e. The van der Waals surface area contributed by atoms with Crippen molar-refractivity contribution in [2.75, 3.05) is 0 Å². The molecule has 2 rings (SSSR count). The van der Waals surface area contributed by atoms with Gasteiger partial charge < -0.3 is 4.57 Å². The molecule has 0 N–H and O–H groups in total. The summed E-state index contributed by atoms with van der Waals surface area (Å²) in [4.78, 5) is 0. The molecule has 1 aromatic heterocycles. The summed E-state index contributed by atoms with van der Waals surface area (Å²) in [5.74, 6) is 0. The Morgan fingerprint density at radius 1 is 0.952 bits per heavy atom. The molecule has 1 aromatic carbocycles. The molecule has 0 bridgehead atoms. The number of aromatic nitrogens is 1. The molecular formula is C20H31N. The van der Waals surface area contributed by atoms with E-state index >= 15 is 0 Å². The Morgan fingerprint density at radius 3 is 1.90 bits per heavy atom. The molecule has 1 heteroatoms. The number of rotatable bonds is 3. The fourth-order valence-electron chi connectivity index (χ4n) is 2.13. The second-order valence-corrected chi connectivity index (χ2v) is 3.47. The second kappa shape index (κ2) is 13.0. The normalized spacial score (nSPS) is 8.24. The first-order valence-electron chi connectivity index (χ1n) is 7.69. The number of hydrogen-bond acceptors (Lipinski definition) is 0. The molecule has 116 valence electrons. The minimum atomic E-state index is 0.954. The lowest BCUT2D eigenvalue weighted by molar-refractivity contribution is 0.789. The first kappa shape index (κ1) is 21.3. The van der Waals surface area contributed by atoms with Crippen LogP contribution in [0.3, 0.4) is 0 Å². The van der Waals surface area contributed by atoms with E-state index in [9.17, 15) is 0 Å². The van der Waals surface area contributed by atoms with Gasteiger partial charge in [0.05, 0.1) is 0 Å². The fourth-order valence-corrected chi connectivity index (χ4v) is 2.13. The Balaban J connectivity index is 0. The van der Waals surface area contributed by atoms with Crippen molar-refractivity contribution in [2.24, 2.45) is 0 Å². The van der Waals surface area contributed by atoms with Gasteiger partial charge in [-0.25, -0.2) is 0 Å². The van der Waals surface area contributed by atoms with Crippen LogP contribution in [-0.2, 0) is 6.54 Å². The summed E-state index contributed by atoms with van der Waals surface area (Å²) in [6.07, 6.45) is 3.81. The highest BCUT2D eigenvalue weighted by Crippen LogP contribution is 2.27. The van der Waals surface area contributed by atoms with E-state index in [-0.39, 0.29) is 0 Å². The molecule has 0 spiro atoms. The summed E-state index contributed by atoms with van der Waals surface area (Å²) in [7, 11) is 0. The third-order valence-corrected chi connectivity index (χ3v) is 2.77. The van der Waals surface area contributed by atoms with Crippen LogP contribution < -0.4 is 0 Å². The minimum Gasteiger partial charge on any atom is -0.341 e. The van der Waals surface area contributed by atoms with E-state index in [1.165, 1.54) is 16.5 Å². The average Bonchev–Trinajstić information content (AvgIpc) is 2.92. The quantitative estimate of drug-likeness (QED) is 0.546. The lowest BCUT2D eigenvalue weighted by Crippen LogP contribution is -1.96. The highest BCUT2D eigenvalue weighted by atomic mass is 15.0. The predicted molar refractivity (Wildman–Crippen MR) is 102 cm³/mol. The maximum absolute atomic E-state index is 3.88. The summed E-state index contributed by atoms with van der Waals surface area (Å²) in [5.41, 5.74) is 3.60. The summed E-state index contributed by atoms with van der Waals surface area (Å²) in [5, 5.41) is 1.25. The van der Waals surface area contributed by atoms with Crippen molar-refractivity contribution < 1.29 is 0 Å². The van der Waals surface area contributed by atoms with Crippen molar-refractivity contribution in [3.63, 3.8) is 0 Å². The van der Waals surface area contributed by atoms with E-state index < -0.39 is 0 Å². The van der Waals surface area contributed by atoms with Gasteiger partial charge in [0.1, 0.15) is 0 Å². The van der Waals surface area contributed by atoms with Gasteiger partial charge in [-0.15, -0.1) is 13.2 Å². The SMILES string of the molecule is C=C.C=Cc1c(C=C)n(CC)c2ccccc12.CC.CC. The largest absolute Gasteiger partial charge is 0.341 e. The highest BCUT2D eigenvalue weighted by molar-refractivity contribution is 5.93. The molecule has 0 saturated heterocycles. The van der Waals surface area contributed by atoms with Crippen LogP contribution in [0.15, 0.2) is 50.6 Å². The molecule has 2 aromatic rings. The fraction of sp³-hybridized carbons (Fsp3) is 0.300. The number of nitrogens with zero attached hydrogens (tertiary/aromatic N) is 1. The lowest BCUT2D eigenvalue weighted by Gasteiger charge is -2.03. The van der Waals surface area contributed by atoms with Gasteiger partial charge in [0.25, 0.3) is 0 Å². The maximum atomic E-state index is 3.88. The lowest BCUT2D eigenvalue weighted by atomic mass is 10.1. The summed E-state index contributed by atoms with van der Waals surface area (Å²) in [6.45, 7) is 24.9. The molecule has 1 nitrogen and oxygen atoms in total. The van der Waals surface area contributed by atoms with Crippen LogP contribution in [0.25, 0.3) is 23.1 Å². The molecule has 0 fully saturated rings. The Morgan fingerprint density at radius 2 is 1.48 bits per heavy atom. The summed E-state index contributed by atoms with van der Waals surface area (Å²) in [6, 6.07) is 8.39. The molecule has 0 amide bonds. The van der Waals surface area contributed by atoms with E-state index in [2.05, 4.69) is 62.1 Å². The second-order valence-electron chi connectivity index (χ2n) is 3.47. The standard InChI is InChI=1S/C14H15N.2C2H6.C2H4/c1-4-11-12-9-7-8-10-14(12)15(6-3)13(11)5-2;3*1-2/h4-5,7-10H,1-2,6H2,3H3;2*1-2H3;1-2H2. The van der Waals surface area contributed by atoms with Crippen molar-refractivity contribution in [1.29, 1.82) is 0 Å². The molecule has 21 heavy (non-hydrogen) atoms. The molecule has 0 aliphatic rings. The Labute approximate surface area is 131 Å². The number of fused-ring (bicyclic) bond motifs is 1. The monoisotopic (exact) mass is 285 g/mol. The number of hydrogen-bond donors (Lipinski definition) is 0. The molecule has 1 heterocycles. The van der Waals surface area contributed by atoms with Crippen LogP contribution in [-0.4, -0.2) is 4.57 Å². The zero-order valence-corrected chi connectivity index (χ0v) is 14.4. The van der Waals surface area contributed by atoms with Crippen molar-refractivity contribution in [3.8, 4) is 0 Å². The first-order valence-corrected chi connectivity index (χ1v) is 7.69. The molecule has 0 aliphatic heterocycles. The molecule has 0 atom stereocenters. The highest BCUT2D eigenvalue weighted by Gasteiger charge is 2.10. The number of para-hydroxylation sites is 1. The first-order chi connectivity index (χ1) is 10.3. The van der Waals surface area contributed by atoms with Crippen LogP contribution in [0, 0.1) is 0 Å². The molecular weight excluding hydrogens is 254 g/mol. The van der Waals surface area contributed by atoms with Gasteiger partial charge in [0.15, 0.2) is 0 Å². The Bertz CT molecular complexity index is 532. The van der Waals surface area contributed by atoms with Crippen molar-refractivity contribution in [2.45, 2.75) is 41.2 Å². The van der Waals surface area contributed by atoms with Crippen LogP contribution in [0.4, 0.5) is 0 Å². The van der Waals surface area contributed by atoms with Gasteiger partial charge in [-0.3, -0.25) is 0 Å². The zero-order chi connectivity index (χ0) is 16.8. The Hall–Kier alpha value is -2.02. The van der Waals surface area contributed by atoms with E-state index in [4.69, 9.17) is 0 Å². The third kappa shape index (κ3) is 4.78. The van der Waals surface area contributed by atoms with Crippen LogP contribution in [0.5, 0.6) is 0 Å². The Kier molecular flexibility index (Phi) is 13.2. The van der Waals surface area contributed by atoms with E-state index in [0.717, 1.165) is 12.2 Å². The molecule has 0 radical (unpaired) electrons. The summed E-state index contributed by atoms with van der Waals surface area (Å²) < 4.78 is 2.26. The topological polar surface area (TPSA) is 4.93 Å². The third-order valence-electron chi connectivity index (χ3n) is 2.77. The number of aryl methyl sites for hydroxylation is 1. The average molecular weight is 285 g/mol. The van der Waals surface area contributed by atoms with Gasteiger partial charge in [-0.2, -0.15) is 0 Å². The van der Waals surface area contributed by atoms with Gasteiger partial charge in [-0.05, 0) is 19.1 Å². The van der Waals surface area contributed by atoms with Crippen LogP contribution in [0.1, 0.15) is 45.9 Å². The van der Waals surface area contributed by atoms with Gasteiger partial charge in [0, 0.05) is 28.7 Å². The predicted octanol–water partition coefficient (Wildman–Crippen LogP) is 6.80. The minimum absolute atomic E-state index is 0.954. The van der Waals surface area contributed by atoms with E-state index in [0.29, 0.717) is 0 Å². The van der Waals surface area contributed by atoms with Crippen molar-refractivity contribution in [3.05, 3.63) is 61.8 Å². The van der Waals surface area contributed by atoms with Crippen molar-refractivity contribution in [1.82, 2.24) is 4.57 Å². The van der Waals surface area contributed by atoms with Crippen LogP contribution in [0.2, 0.25) is 0 Å². The van der Waals surface area contributed by atoms with E-state index in [1.54, 1.807) is 0 Å². The van der Waals surface area contributed by atoms with Gasteiger partial charge in [-0.1, -0.05) is 65.1 Å². The van der Waals surface area contributed by atoms with Crippen LogP contribution >= 0.6 is 0 Å². The molecule has 0 saturated carbocycles. The molecule has 0 aliphatic carbocycles. The number of benzene rings is 1. The van der Waals surface area contributed by atoms with E-state index in [1.807, 2.05) is 39.8 Å². The van der Waals surface area contributed by atoms with Gasteiger partial charge >= 0.3 is 0 Å². The smallest absolute Gasteiger partial charge is 0.0491 e. The van der Waals surface area contributed by atoms with Crippen molar-refractivity contribution >= 4 is 23.1 Å². The zero-order valence-electron chi connectivity index (χ0n) is 14.4. The summed E-state index contributed by atoms with van der Waals surface area (Å²) >= 11 is 0. The van der Waals surface area contributed by atoms with Gasteiger partial charge in [0.2, 0.25) is 0 Å². The molecule has 0 unspecified atom stereocenters.